The van der Waals surface area contributed by atoms with Gasteiger partial charge in [0, 0.05) is 31.8 Å². The summed E-state index contributed by atoms with van der Waals surface area (Å²) in [7, 11) is 1.76. The topological polar surface area (TPSA) is 37.6 Å². The molecule has 1 aromatic rings. The van der Waals surface area contributed by atoms with Crippen molar-refractivity contribution in [2.75, 3.05) is 26.8 Å². The molecule has 0 spiro atoms. The second-order valence-electron chi connectivity index (χ2n) is 5.29. The summed E-state index contributed by atoms with van der Waals surface area (Å²) in [5.41, 5.74) is 1.24. The number of ether oxygens (including phenoxy) is 1. The standard InChI is InChI=1S/C15H26N2O2/c1-3-6-16-10-13-9-15(19-12-13)11-17(7-8-18-2)14-4-5-14/h9,12,14,16H,3-8,10-11H2,1-2H3. The summed E-state index contributed by atoms with van der Waals surface area (Å²) in [6.45, 7) is 6.83. The predicted molar refractivity (Wildman–Crippen MR) is 76.0 cm³/mol. The molecule has 0 amide bonds. The van der Waals surface area contributed by atoms with Gasteiger partial charge in [-0.15, -0.1) is 0 Å². The van der Waals surface area contributed by atoms with Crippen LogP contribution in [0.2, 0.25) is 0 Å². The van der Waals surface area contributed by atoms with Crippen molar-refractivity contribution in [1.82, 2.24) is 10.2 Å². The highest BCUT2D eigenvalue weighted by atomic mass is 16.5. The molecule has 108 valence electrons. The molecule has 0 aromatic carbocycles. The Morgan fingerprint density at radius 1 is 1.47 bits per heavy atom. The number of furan rings is 1. The van der Waals surface area contributed by atoms with Gasteiger partial charge in [-0.2, -0.15) is 0 Å². The van der Waals surface area contributed by atoms with E-state index in [1.165, 1.54) is 18.4 Å². The van der Waals surface area contributed by atoms with E-state index in [2.05, 4.69) is 23.2 Å². The first-order valence-electron chi connectivity index (χ1n) is 7.33. The lowest BCUT2D eigenvalue weighted by atomic mass is 10.3. The molecule has 0 unspecified atom stereocenters. The van der Waals surface area contributed by atoms with Gasteiger partial charge in [-0.3, -0.25) is 4.90 Å². The van der Waals surface area contributed by atoms with Crippen LogP contribution in [0.15, 0.2) is 16.7 Å². The minimum absolute atomic E-state index is 0.738. The van der Waals surface area contributed by atoms with E-state index in [0.29, 0.717) is 0 Å². The average molecular weight is 266 g/mol. The highest BCUT2D eigenvalue weighted by Gasteiger charge is 2.29. The van der Waals surface area contributed by atoms with E-state index >= 15 is 0 Å². The third kappa shape index (κ3) is 4.97. The quantitative estimate of drug-likeness (QED) is 0.660. The number of nitrogens with one attached hydrogen (secondary N) is 1. The first-order valence-corrected chi connectivity index (χ1v) is 7.33. The molecule has 1 saturated carbocycles. The monoisotopic (exact) mass is 266 g/mol. The van der Waals surface area contributed by atoms with Crippen LogP contribution in [0, 0.1) is 0 Å². The van der Waals surface area contributed by atoms with Crippen molar-refractivity contribution < 1.29 is 9.15 Å². The number of hydrogen-bond acceptors (Lipinski definition) is 4. The van der Waals surface area contributed by atoms with Crippen molar-refractivity contribution in [3.05, 3.63) is 23.7 Å². The highest BCUT2D eigenvalue weighted by Crippen LogP contribution is 2.28. The molecule has 2 rings (SSSR count). The van der Waals surface area contributed by atoms with Gasteiger partial charge in [0.05, 0.1) is 19.4 Å². The maximum Gasteiger partial charge on any atom is 0.118 e. The Labute approximate surface area is 116 Å². The number of hydrogen-bond donors (Lipinski definition) is 1. The van der Waals surface area contributed by atoms with Gasteiger partial charge in [-0.25, -0.2) is 0 Å². The first-order chi connectivity index (χ1) is 9.33. The van der Waals surface area contributed by atoms with Crippen LogP contribution in [0.3, 0.4) is 0 Å². The van der Waals surface area contributed by atoms with Crippen LogP contribution >= 0.6 is 0 Å². The van der Waals surface area contributed by atoms with Crippen LogP contribution in [0.1, 0.15) is 37.5 Å². The maximum absolute atomic E-state index is 5.66. The van der Waals surface area contributed by atoms with Crippen LogP contribution in [0.4, 0.5) is 0 Å². The molecule has 0 aliphatic heterocycles. The van der Waals surface area contributed by atoms with Crippen LogP contribution < -0.4 is 5.32 Å². The fourth-order valence-corrected chi connectivity index (χ4v) is 2.25. The number of nitrogens with zero attached hydrogens (tertiary/aromatic N) is 1. The van der Waals surface area contributed by atoms with Crippen molar-refractivity contribution in [1.29, 1.82) is 0 Å². The lowest BCUT2D eigenvalue weighted by molar-refractivity contribution is 0.134. The Hall–Kier alpha value is -0.840. The molecule has 1 heterocycles. The van der Waals surface area contributed by atoms with Crippen molar-refractivity contribution >= 4 is 0 Å². The summed E-state index contributed by atoms with van der Waals surface area (Å²) in [5, 5.41) is 3.39. The third-order valence-electron chi connectivity index (χ3n) is 3.47. The molecule has 0 saturated heterocycles. The van der Waals surface area contributed by atoms with Crippen molar-refractivity contribution in [2.45, 2.75) is 45.3 Å². The zero-order valence-corrected chi connectivity index (χ0v) is 12.2. The second-order valence-corrected chi connectivity index (χ2v) is 5.29. The summed E-state index contributed by atoms with van der Waals surface area (Å²) in [6, 6.07) is 2.91. The molecule has 4 heteroatoms. The molecular formula is C15H26N2O2. The van der Waals surface area contributed by atoms with Crippen molar-refractivity contribution in [3.8, 4) is 0 Å². The van der Waals surface area contributed by atoms with Gasteiger partial charge in [0.1, 0.15) is 5.76 Å². The van der Waals surface area contributed by atoms with Crippen molar-refractivity contribution in [3.63, 3.8) is 0 Å². The summed E-state index contributed by atoms with van der Waals surface area (Å²) < 4.78 is 10.8. The molecule has 1 N–H and O–H groups in total. The van der Waals surface area contributed by atoms with E-state index in [0.717, 1.165) is 51.0 Å². The van der Waals surface area contributed by atoms with Gasteiger partial charge in [-0.1, -0.05) is 6.92 Å². The van der Waals surface area contributed by atoms with E-state index in [1.807, 2.05) is 6.26 Å². The predicted octanol–water partition coefficient (Wildman–Crippen LogP) is 2.39. The van der Waals surface area contributed by atoms with Crippen LogP contribution in [0.25, 0.3) is 0 Å². The van der Waals surface area contributed by atoms with Gasteiger partial charge < -0.3 is 14.5 Å². The first kappa shape index (κ1) is 14.6. The van der Waals surface area contributed by atoms with Crippen LogP contribution in [0.5, 0.6) is 0 Å². The maximum atomic E-state index is 5.66. The summed E-state index contributed by atoms with van der Waals surface area (Å²) in [6.07, 6.45) is 5.67. The molecule has 4 nitrogen and oxygen atoms in total. The van der Waals surface area contributed by atoms with Gasteiger partial charge in [0.2, 0.25) is 0 Å². The fraction of sp³-hybridized carbons (Fsp3) is 0.733. The fourth-order valence-electron chi connectivity index (χ4n) is 2.25. The third-order valence-corrected chi connectivity index (χ3v) is 3.47. The Morgan fingerprint density at radius 2 is 2.32 bits per heavy atom. The zero-order chi connectivity index (χ0) is 13.5. The van der Waals surface area contributed by atoms with Gasteiger partial charge in [-0.05, 0) is 31.9 Å². The van der Waals surface area contributed by atoms with Crippen LogP contribution in [-0.2, 0) is 17.8 Å². The zero-order valence-electron chi connectivity index (χ0n) is 12.2. The van der Waals surface area contributed by atoms with E-state index in [4.69, 9.17) is 9.15 Å². The van der Waals surface area contributed by atoms with E-state index in [9.17, 15) is 0 Å². The molecule has 1 aliphatic rings. The summed E-state index contributed by atoms with van der Waals surface area (Å²) >= 11 is 0. The Balaban J connectivity index is 1.79. The molecular weight excluding hydrogens is 240 g/mol. The normalized spacial score (nSPS) is 15.3. The molecule has 1 aliphatic carbocycles. The molecule has 0 atom stereocenters. The van der Waals surface area contributed by atoms with E-state index in [1.54, 1.807) is 7.11 Å². The minimum atomic E-state index is 0.738. The lowest BCUT2D eigenvalue weighted by Crippen LogP contribution is -2.28. The Kier molecular flexibility index (Phi) is 5.89. The highest BCUT2D eigenvalue weighted by molar-refractivity contribution is 5.13. The number of rotatable bonds is 10. The van der Waals surface area contributed by atoms with E-state index in [-0.39, 0.29) is 0 Å². The molecule has 1 aromatic heterocycles. The molecule has 0 radical (unpaired) electrons. The molecule has 0 bridgehead atoms. The summed E-state index contributed by atoms with van der Waals surface area (Å²) in [4.78, 5) is 2.46. The minimum Gasteiger partial charge on any atom is -0.468 e. The number of methoxy groups -OCH3 is 1. The van der Waals surface area contributed by atoms with Gasteiger partial charge in [0.25, 0.3) is 0 Å². The lowest BCUT2D eigenvalue weighted by Gasteiger charge is -2.19. The summed E-state index contributed by atoms with van der Waals surface area (Å²) in [5.74, 6) is 1.07. The Morgan fingerprint density at radius 3 is 3.00 bits per heavy atom. The van der Waals surface area contributed by atoms with Crippen molar-refractivity contribution in [2.24, 2.45) is 0 Å². The van der Waals surface area contributed by atoms with Gasteiger partial charge in [0.15, 0.2) is 0 Å². The molecule has 19 heavy (non-hydrogen) atoms. The molecule has 1 fully saturated rings. The van der Waals surface area contributed by atoms with Gasteiger partial charge >= 0.3 is 0 Å². The second kappa shape index (κ2) is 7.68. The Bertz CT molecular complexity index is 361. The SMILES string of the molecule is CCCNCc1coc(CN(CCOC)C2CC2)c1. The average Bonchev–Trinajstić information content (AvgIpc) is 3.17. The van der Waals surface area contributed by atoms with E-state index < -0.39 is 0 Å². The largest absolute Gasteiger partial charge is 0.468 e. The smallest absolute Gasteiger partial charge is 0.118 e. The van der Waals surface area contributed by atoms with Crippen LogP contribution in [-0.4, -0.2) is 37.7 Å².